The maximum absolute atomic E-state index is 6.17. The van der Waals surface area contributed by atoms with Gasteiger partial charge in [-0.3, -0.25) is 9.94 Å². The van der Waals surface area contributed by atoms with Crippen LogP contribution in [0.4, 0.5) is 5.69 Å². The third kappa shape index (κ3) is 2.80. The molecule has 4 heteroatoms. The summed E-state index contributed by atoms with van der Waals surface area (Å²) in [5, 5.41) is 9.83. The Morgan fingerprint density at radius 1 is 0.815 bits per heavy atom. The number of H-pyrrole nitrogens is 1. The second-order valence-corrected chi connectivity index (χ2v) is 6.58. The first-order valence-electron chi connectivity index (χ1n) is 9.06. The maximum Gasteiger partial charge on any atom is 0.117 e. The number of hydroxylamine groups is 1. The number of anilines is 1. The molecule has 0 bridgehead atoms. The smallest absolute Gasteiger partial charge is 0.117 e. The van der Waals surface area contributed by atoms with Gasteiger partial charge >= 0.3 is 0 Å². The van der Waals surface area contributed by atoms with E-state index in [1.54, 1.807) is 0 Å². The van der Waals surface area contributed by atoms with Crippen LogP contribution in [0.3, 0.4) is 0 Å². The van der Waals surface area contributed by atoms with Crippen molar-refractivity contribution in [3.63, 3.8) is 0 Å². The van der Waals surface area contributed by atoms with Gasteiger partial charge in [-0.25, -0.2) is 5.06 Å². The standard InChI is InChI=1S/C23H19N3O/c1-4-10-17(11-5-1)22-21-20(24-25-22)16-27-26(19-14-8-3-9-15-19)23(21)18-12-6-2-7-13-18/h1-15,23H,16H2,(H,24,25)/t23-/m0/s1. The molecule has 0 fully saturated rings. The summed E-state index contributed by atoms with van der Waals surface area (Å²) in [6.07, 6.45) is 0. The quantitative estimate of drug-likeness (QED) is 0.556. The molecule has 4 nitrogen and oxygen atoms in total. The lowest BCUT2D eigenvalue weighted by Crippen LogP contribution is -2.34. The molecule has 0 aliphatic carbocycles. The third-order valence-electron chi connectivity index (χ3n) is 4.91. The summed E-state index contributed by atoms with van der Waals surface area (Å²) in [5.41, 5.74) is 6.46. The molecule has 3 aromatic carbocycles. The van der Waals surface area contributed by atoms with E-state index in [1.165, 1.54) is 11.1 Å². The Balaban J connectivity index is 1.71. The number of aromatic amines is 1. The lowest BCUT2D eigenvalue weighted by molar-refractivity contribution is 0.0644. The number of aromatic nitrogens is 2. The molecular formula is C23H19N3O. The molecule has 1 N–H and O–H groups in total. The topological polar surface area (TPSA) is 41.2 Å². The Morgan fingerprint density at radius 3 is 2.15 bits per heavy atom. The van der Waals surface area contributed by atoms with E-state index >= 15 is 0 Å². The molecule has 0 amide bonds. The number of hydrogen-bond acceptors (Lipinski definition) is 3. The van der Waals surface area contributed by atoms with Gasteiger partial charge < -0.3 is 0 Å². The van der Waals surface area contributed by atoms with E-state index in [9.17, 15) is 0 Å². The molecule has 0 saturated carbocycles. The number of nitrogens with one attached hydrogen (secondary N) is 1. The molecule has 1 aliphatic rings. The molecular weight excluding hydrogens is 334 g/mol. The largest absolute Gasteiger partial charge is 0.279 e. The van der Waals surface area contributed by atoms with Crippen molar-refractivity contribution in [2.75, 3.05) is 5.06 Å². The lowest BCUT2D eigenvalue weighted by Gasteiger charge is -2.36. The second kappa shape index (κ2) is 6.74. The van der Waals surface area contributed by atoms with Crippen molar-refractivity contribution in [1.29, 1.82) is 0 Å². The first-order valence-corrected chi connectivity index (χ1v) is 9.06. The first kappa shape index (κ1) is 15.9. The molecule has 4 aromatic rings. The predicted octanol–water partition coefficient (Wildman–Crippen LogP) is 5.12. The summed E-state index contributed by atoms with van der Waals surface area (Å²) in [4.78, 5) is 6.17. The number of rotatable bonds is 3. The van der Waals surface area contributed by atoms with E-state index in [4.69, 9.17) is 4.84 Å². The Morgan fingerprint density at radius 2 is 1.44 bits per heavy atom. The predicted molar refractivity (Wildman–Crippen MR) is 106 cm³/mol. The van der Waals surface area contributed by atoms with Crippen LogP contribution in [-0.2, 0) is 11.4 Å². The Labute approximate surface area is 158 Å². The average Bonchev–Trinajstić information content (AvgIpc) is 3.19. The molecule has 132 valence electrons. The highest BCUT2D eigenvalue weighted by Gasteiger charge is 2.35. The highest BCUT2D eigenvalue weighted by molar-refractivity contribution is 5.68. The number of para-hydroxylation sites is 1. The zero-order chi connectivity index (χ0) is 18.1. The maximum atomic E-state index is 6.17. The average molecular weight is 353 g/mol. The summed E-state index contributed by atoms with van der Waals surface area (Å²) in [5.74, 6) is 0. The van der Waals surface area contributed by atoms with Crippen LogP contribution in [0.2, 0.25) is 0 Å². The summed E-state index contributed by atoms with van der Waals surface area (Å²) >= 11 is 0. The zero-order valence-corrected chi connectivity index (χ0v) is 14.7. The molecule has 2 heterocycles. The minimum Gasteiger partial charge on any atom is -0.279 e. The fourth-order valence-electron chi connectivity index (χ4n) is 3.67. The number of hydrogen-bond donors (Lipinski definition) is 1. The van der Waals surface area contributed by atoms with Crippen molar-refractivity contribution >= 4 is 5.69 Å². The van der Waals surface area contributed by atoms with Gasteiger partial charge in [-0.1, -0.05) is 78.9 Å². The number of benzene rings is 3. The molecule has 0 unspecified atom stereocenters. The third-order valence-corrected chi connectivity index (χ3v) is 4.91. The van der Waals surface area contributed by atoms with Crippen LogP contribution >= 0.6 is 0 Å². The lowest BCUT2D eigenvalue weighted by atomic mass is 9.92. The molecule has 27 heavy (non-hydrogen) atoms. The van der Waals surface area contributed by atoms with Gasteiger partial charge in [0.05, 0.1) is 17.1 Å². The molecule has 0 radical (unpaired) electrons. The van der Waals surface area contributed by atoms with Crippen molar-refractivity contribution in [3.8, 4) is 11.3 Å². The minimum atomic E-state index is -0.0775. The fourth-order valence-corrected chi connectivity index (χ4v) is 3.67. The van der Waals surface area contributed by atoms with Crippen LogP contribution in [0.5, 0.6) is 0 Å². The summed E-state index contributed by atoms with van der Waals surface area (Å²) in [7, 11) is 0. The van der Waals surface area contributed by atoms with Crippen LogP contribution in [0, 0.1) is 0 Å². The molecule has 1 aromatic heterocycles. The highest BCUT2D eigenvalue weighted by atomic mass is 16.7. The monoisotopic (exact) mass is 353 g/mol. The highest BCUT2D eigenvalue weighted by Crippen LogP contribution is 2.42. The van der Waals surface area contributed by atoms with E-state index < -0.39 is 0 Å². The second-order valence-electron chi connectivity index (χ2n) is 6.58. The normalized spacial score (nSPS) is 16.1. The van der Waals surface area contributed by atoms with E-state index in [0.717, 1.165) is 22.6 Å². The summed E-state index contributed by atoms with van der Waals surface area (Å²) in [6, 6.07) is 30.9. The van der Waals surface area contributed by atoms with Crippen LogP contribution in [0.25, 0.3) is 11.3 Å². The fraction of sp³-hybridized carbons (Fsp3) is 0.0870. The van der Waals surface area contributed by atoms with Gasteiger partial charge in [0.15, 0.2) is 0 Å². The van der Waals surface area contributed by atoms with Crippen LogP contribution in [0.1, 0.15) is 22.9 Å². The van der Waals surface area contributed by atoms with E-state index in [0.29, 0.717) is 6.61 Å². The van der Waals surface area contributed by atoms with Crippen molar-refractivity contribution in [1.82, 2.24) is 10.2 Å². The summed E-state index contributed by atoms with van der Waals surface area (Å²) < 4.78 is 0. The van der Waals surface area contributed by atoms with Gasteiger partial charge in [-0.05, 0) is 17.7 Å². The molecule has 1 atom stereocenters. The van der Waals surface area contributed by atoms with Gasteiger partial charge in [-0.15, -0.1) is 0 Å². The van der Waals surface area contributed by atoms with Crippen molar-refractivity contribution in [2.45, 2.75) is 12.6 Å². The van der Waals surface area contributed by atoms with E-state index in [1.807, 2.05) is 47.5 Å². The summed E-state index contributed by atoms with van der Waals surface area (Å²) in [6.45, 7) is 0.466. The van der Waals surface area contributed by atoms with Crippen molar-refractivity contribution < 1.29 is 4.84 Å². The minimum absolute atomic E-state index is 0.0775. The Hall–Kier alpha value is -3.37. The SMILES string of the molecule is c1ccc(-c2n[nH]c3c2[C@H](c2ccccc2)N(c2ccccc2)OC3)cc1. The molecule has 5 rings (SSSR count). The van der Waals surface area contributed by atoms with Crippen LogP contribution in [-0.4, -0.2) is 10.2 Å². The van der Waals surface area contributed by atoms with Gasteiger partial charge in [0.2, 0.25) is 0 Å². The van der Waals surface area contributed by atoms with E-state index in [2.05, 4.69) is 58.7 Å². The molecule has 0 spiro atoms. The van der Waals surface area contributed by atoms with Gasteiger partial charge in [-0.2, -0.15) is 5.10 Å². The van der Waals surface area contributed by atoms with Crippen LogP contribution in [0.15, 0.2) is 91.0 Å². The Kier molecular flexibility index (Phi) is 3.96. The Bertz CT molecular complexity index is 1030. The van der Waals surface area contributed by atoms with Gasteiger partial charge in [0.25, 0.3) is 0 Å². The van der Waals surface area contributed by atoms with Crippen molar-refractivity contribution in [3.05, 3.63) is 108 Å². The van der Waals surface area contributed by atoms with E-state index in [-0.39, 0.29) is 6.04 Å². The van der Waals surface area contributed by atoms with Crippen molar-refractivity contribution in [2.24, 2.45) is 0 Å². The molecule has 1 aliphatic heterocycles. The molecule has 0 saturated heterocycles. The number of nitrogens with zero attached hydrogens (tertiary/aromatic N) is 2. The van der Waals surface area contributed by atoms with Gasteiger partial charge in [0, 0.05) is 11.1 Å². The van der Waals surface area contributed by atoms with Gasteiger partial charge in [0.1, 0.15) is 12.6 Å². The zero-order valence-electron chi connectivity index (χ0n) is 14.7. The number of fused-ring (bicyclic) bond motifs is 1. The van der Waals surface area contributed by atoms with Crippen LogP contribution < -0.4 is 5.06 Å². The first-order chi connectivity index (χ1) is 13.4.